The van der Waals surface area contributed by atoms with E-state index in [4.69, 9.17) is 0 Å². The van der Waals surface area contributed by atoms with Crippen LogP contribution in [0.15, 0.2) is 261 Å². The summed E-state index contributed by atoms with van der Waals surface area (Å²) in [5.41, 5.74) is 15.3. The summed E-state index contributed by atoms with van der Waals surface area (Å²) in [7, 11) is 0. The second-order valence-electron chi connectivity index (χ2n) is 18.6. The molecule has 12 aromatic rings. The van der Waals surface area contributed by atoms with Crippen LogP contribution in [-0.2, 0) is 5.41 Å². The molecule has 0 fully saturated rings. The quantitative estimate of drug-likeness (QED) is 0.143. The average molecular weight is 900 g/mol. The van der Waals surface area contributed by atoms with Crippen LogP contribution in [0.1, 0.15) is 30.5 Å². The van der Waals surface area contributed by atoms with E-state index in [1.54, 1.807) is 0 Å². The molecule has 0 unspecified atom stereocenters. The molecule has 1 heterocycles. The van der Waals surface area contributed by atoms with E-state index in [2.05, 4.69) is 187 Å². The van der Waals surface area contributed by atoms with Gasteiger partial charge in [-0.05, 0) is 129 Å². The van der Waals surface area contributed by atoms with Gasteiger partial charge in [0.15, 0.2) is 0 Å². The number of para-hydroxylation sites is 4. The van der Waals surface area contributed by atoms with Crippen LogP contribution in [0.25, 0.3) is 71.6 Å². The summed E-state index contributed by atoms with van der Waals surface area (Å²) in [6.07, 6.45) is 0. The first kappa shape index (κ1) is 37.1. The largest absolute Gasteiger partial charge is 0.310 e. The van der Waals surface area contributed by atoms with E-state index in [1.165, 1.54) is 11.1 Å². The van der Waals surface area contributed by atoms with Crippen LogP contribution in [0.3, 0.4) is 0 Å². The first-order valence-corrected chi connectivity index (χ1v) is 23.9. The lowest BCUT2D eigenvalue weighted by Gasteiger charge is -2.29. The van der Waals surface area contributed by atoms with Gasteiger partial charge in [-0.3, -0.25) is 0 Å². The van der Waals surface area contributed by atoms with Crippen molar-refractivity contribution in [2.75, 3.05) is 9.80 Å². The molecule has 70 heavy (non-hydrogen) atoms. The maximum absolute atomic E-state index is 9.89. The maximum Gasteiger partial charge on any atom is 0.0645 e. The fourth-order valence-electron chi connectivity index (χ4n) is 11.0. The van der Waals surface area contributed by atoms with E-state index in [0.29, 0.717) is 5.56 Å². The number of hydrogen-bond donors (Lipinski definition) is 0. The van der Waals surface area contributed by atoms with Crippen molar-refractivity contribution in [2.45, 2.75) is 19.3 Å². The van der Waals surface area contributed by atoms with Crippen LogP contribution in [0.4, 0.5) is 34.1 Å². The van der Waals surface area contributed by atoms with E-state index >= 15 is 0 Å². The summed E-state index contributed by atoms with van der Waals surface area (Å²) in [6.45, 7) is 4.47. The van der Waals surface area contributed by atoms with Gasteiger partial charge in [0, 0.05) is 55.6 Å². The van der Waals surface area contributed by atoms with Gasteiger partial charge in [-0.2, -0.15) is 0 Å². The predicted octanol–water partition coefficient (Wildman–Crippen LogP) is 18.5. The van der Waals surface area contributed by atoms with Crippen molar-refractivity contribution in [1.82, 2.24) is 4.57 Å². The Morgan fingerprint density at radius 3 is 1.73 bits per heavy atom. The Hall–Kier alpha value is -8.92. The molecular formula is C67H49N3. The number of nitrogens with zero attached hydrogens (tertiary/aromatic N) is 3. The van der Waals surface area contributed by atoms with Gasteiger partial charge in [-0.1, -0.05) is 190 Å². The van der Waals surface area contributed by atoms with Gasteiger partial charge in [0.2, 0.25) is 0 Å². The number of rotatable bonds is 9. The number of anilines is 6. The van der Waals surface area contributed by atoms with Crippen LogP contribution in [0.2, 0.25) is 0 Å². The second kappa shape index (κ2) is 16.7. The van der Waals surface area contributed by atoms with Crippen LogP contribution in [0.5, 0.6) is 0 Å². The fraction of sp³-hybridized carbons (Fsp3) is 0.0448. The molecule has 3 heteroatoms. The predicted molar refractivity (Wildman–Crippen MR) is 296 cm³/mol. The highest BCUT2D eigenvalue weighted by molar-refractivity contribution is 6.12. The molecule has 1 aliphatic rings. The number of benzene rings is 11. The molecule has 1 aliphatic carbocycles. The SMILES string of the molecule is [2H]c1c([2H])c(N(c2ccccc2)c2ccc3c(c2)C(C)(C)c2ccccc2-3)c([2H])c([2H])c1-c1cccc2c(N(c3ccc4c(c3)c3ccccc3n4-c3ccccc3)c3ccccc3-c3ccccc3)cccc12. The standard InChI is InChI=1S/C67H49N3/c1-67(2)61-32-15-12-27-56(61)57-42-40-52(45-62(57)67)68(48-22-8-4-9-23-48)50-38-36-47(37-39-50)53-29-18-31-58-55(53)30-19-35-65(58)70(63-33-16-13-26-54(63)46-20-6-3-7-21-46)51-41-43-66-60(44-51)59-28-14-17-34-64(59)69(66)49-24-10-5-11-25-49/h3-45H,1-2H3/i36D,37D,38D,39D. The maximum atomic E-state index is 9.89. The molecule has 0 amide bonds. The molecule has 13 rings (SSSR count). The fourth-order valence-corrected chi connectivity index (χ4v) is 11.0. The average Bonchev–Trinajstić information content (AvgIpc) is 3.90. The summed E-state index contributed by atoms with van der Waals surface area (Å²) < 4.78 is 41.8. The summed E-state index contributed by atoms with van der Waals surface area (Å²) >= 11 is 0. The number of aromatic nitrogens is 1. The number of hydrogen-bond acceptors (Lipinski definition) is 2. The van der Waals surface area contributed by atoms with E-state index in [-0.39, 0.29) is 40.8 Å². The Morgan fingerprint density at radius 1 is 0.343 bits per heavy atom. The minimum atomic E-state index is -0.287. The van der Waals surface area contributed by atoms with E-state index in [0.717, 1.165) is 89.0 Å². The molecule has 0 aliphatic heterocycles. The van der Waals surface area contributed by atoms with Gasteiger partial charge in [0.1, 0.15) is 0 Å². The lowest BCUT2D eigenvalue weighted by atomic mass is 9.82. The monoisotopic (exact) mass is 899 g/mol. The van der Waals surface area contributed by atoms with Gasteiger partial charge < -0.3 is 14.4 Å². The van der Waals surface area contributed by atoms with Gasteiger partial charge in [-0.15, -0.1) is 0 Å². The third kappa shape index (κ3) is 6.73. The van der Waals surface area contributed by atoms with Gasteiger partial charge in [0.05, 0.1) is 27.9 Å². The Labute approximate surface area is 415 Å². The zero-order chi connectivity index (χ0) is 50.2. The third-order valence-corrected chi connectivity index (χ3v) is 14.2. The molecule has 1 aromatic heterocycles. The zero-order valence-electron chi connectivity index (χ0n) is 42.9. The summed E-state index contributed by atoms with van der Waals surface area (Å²) in [4.78, 5) is 4.22. The Kier molecular flexibility index (Phi) is 8.85. The summed E-state index contributed by atoms with van der Waals surface area (Å²) in [6, 6.07) is 81.1. The lowest BCUT2D eigenvalue weighted by molar-refractivity contribution is 0.660. The highest BCUT2D eigenvalue weighted by atomic mass is 15.2. The van der Waals surface area contributed by atoms with Crippen LogP contribution in [0, 0.1) is 0 Å². The van der Waals surface area contributed by atoms with E-state index < -0.39 is 0 Å². The van der Waals surface area contributed by atoms with Gasteiger partial charge >= 0.3 is 0 Å². The normalized spacial score (nSPS) is 13.3. The van der Waals surface area contributed by atoms with Crippen LogP contribution in [-0.4, -0.2) is 4.57 Å². The molecule has 11 aromatic carbocycles. The molecule has 0 saturated carbocycles. The number of fused-ring (bicyclic) bond motifs is 7. The zero-order valence-corrected chi connectivity index (χ0v) is 38.9. The molecule has 0 spiro atoms. The third-order valence-electron chi connectivity index (χ3n) is 14.2. The molecular weight excluding hydrogens is 847 g/mol. The summed E-state index contributed by atoms with van der Waals surface area (Å²) in [5.74, 6) is 0. The van der Waals surface area contributed by atoms with Crippen molar-refractivity contribution in [2.24, 2.45) is 0 Å². The summed E-state index contributed by atoms with van der Waals surface area (Å²) in [5, 5.41) is 3.97. The van der Waals surface area contributed by atoms with Crippen LogP contribution >= 0.6 is 0 Å². The first-order chi connectivity index (χ1) is 36.2. The molecule has 0 radical (unpaired) electrons. The van der Waals surface area contributed by atoms with Crippen molar-refractivity contribution in [1.29, 1.82) is 0 Å². The lowest BCUT2D eigenvalue weighted by Crippen LogP contribution is -2.16. The van der Waals surface area contributed by atoms with Crippen LogP contribution < -0.4 is 9.80 Å². The van der Waals surface area contributed by atoms with E-state index in [1.807, 2.05) is 77.7 Å². The minimum absolute atomic E-state index is 0.111. The Balaban J connectivity index is 1.00. The second-order valence-corrected chi connectivity index (χ2v) is 18.6. The highest BCUT2D eigenvalue weighted by Gasteiger charge is 2.36. The smallest absolute Gasteiger partial charge is 0.0645 e. The Bertz CT molecular complexity index is 4140. The first-order valence-electron chi connectivity index (χ1n) is 25.9. The molecule has 3 nitrogen and oxygen atoms in total. The van der Waals surface area contributed by atoms with Crippen molar-refractivity contribution < 1.29 is 5.48 Å². The van der Waals surface area contributed by atoms with Gasteiger partial charge in [-0.25, -0.2) is 0 Å². The van der Waals surface area contributed by atoms with E-state index in [9.17, 15) is 5.48 Å². The van der Waals surface area contributed by atoms with Crippen molar-refractivity contribution in [3.05, 3.63) is 272 Å². The molecule has 332 valence electrons. The molecule has 0 bridgehead atoms. The molecule has 0 atom stereocenters. The topological polar surface area (TPSA) is 11.4 Å². The minimum Gasteiger partial charge on any atom is -0.310 e. The Morgan fingerprint density at radius 2 is 0.914 bits per heavy atom. The van der Waals surface area contributed by atoms with Crippen molar-refractivity contribution in [3.8, 4) is 39.1 Å². The highest BCUT2D eigenvalue weighted by Crippen LogP contribution is 2.51. The molecule has 0 saturated heterocycles. The molecule has 0 N–H and O–H groups in total. The van der Waals surface area contributed by atoms with Crippen molar-refractivity contribution in [3.63, 3.8) is 0 Å². The van der Waals surface area contributed by atoms with Crippen molar-refractivity contribution >= 4 is 66.7 Å². The van der Waals surface area contributed by atoms with Gasteiger partial charge in [0.25, 0.3) is 0 Å².